The lowest BCUT2D eigenvalue weighted by molar-refractivity contribution is -0.144. The number of carboxylic acid groups (broad SMARTS) is 1. The van der Waals surface area contributed by atoms with Crippen LogP contribution < -0.4 is 5.32 Å². The van der Waals surface area contributed by atoms with Gasteiger partial charge in [0.1, 0.15) is 5.54 Å². The standard InChI is InChI=1S/C14H15NO2/c1-14(15-2,13(16)17)12-8-7-10-5-3-4-6-11(10)9-12/h3-9,15H,1-2H3,(H,16,17). The third-order valence-electron chi connectivity index (χ3n) is 3.25. The Bertz CT molecular complexity index is 565. The maximum Gasteiger partial charge on any atom is 0.328 e. The first-order valence-corrected chi connectivity index (χ1v) is 5.49. The van der Waals surface area contributed by atoms with Crippen LogP contribution in [0, 0.1) is 0 Å². The molecular weight excluding hydrogens is 214 g/mol. The minimum absolute atomic E-state index is 0.756. The van der Waals surface area contributed by atoms with Gasteiger partial charge in [-0.25, -0.2) is 4.79 Å². The summed E-state index contributed by atoms with van der Waals surface area (Å²) in [6.45, 7) is 1.67. The summed E-state index contributed by atoms with van der Waals surface area (Å²) in [4.78, 5) is 11.3. The van der Waals surface area contributed by atoms with Crippen LogP contribution >= 0.6 is 0 Å². The summed E-state index contributed by atoms with van der Waals surface area (Å²) in [6.07, 6.45) is 0. The number of carbonyl (C=O) groups is 1. The van der Waals surface area contributed by atoms with Crippen LogP contribution in [0.15, 0.2) is 42.5 Å². The highest BCUT2D eigenvalue weighted by atomic mass is 16.4. The van der Waals surface area contributed by atoms with Crippen molar-refractivity contribution in [2.24, 2.45) is 0 Å². The molecule has 2 N–H and O–H groups in total. The summed E-state index contributed by atoms with van der Waals surface area (Å²) in [6, 6.07) is 13.6. The second kappa shape index (κ2) is 4.18. The van der Waals surface area contributed by atoms with Crippen molar-refractivity contribution in [1.29, 1.82) is 0 Å². The van der Waals surface area contributed by atoms with E-state index in [-0.39, 0.29) is 0 Å². The van der Waals surface area contributed by atoms with Gasteiger partial charge in [0.2, 0.25) is 0 Å². The first-order valence-electron chi connectivity index (χ1n) is 5.49. The van der Waals surface area contributed by atoms with Crippen LogP contribution in [0.3, 0.4) is 0 Å². The molecule has 2 aromatic rings. The molecule has 0 aliphatic heterocycles. The third-order valence-corrected chi connectivity index (χ3v) is 3.25. The third kappa shape index (κ3) is 1.89. The van der Waals surface area contributed by atoms with Gasteiger partial charge in [0, 0.05) is 0 Å². The Morgan fingerprint density at radius 2 is 1.82 bits per heavy atom. The molecule has 1 unspecified atom stereocenters. The number of fused-ring (bicyclic) bond motifs is 1. The Balaban J connectivity index is 2.59. The summed E-state index contributed by atoms with van der Waals surface area (Å²) in [5.41, 5.74) is -0.296. The van der Waals surface area contributed by atoms with Gasteiger partial charge in [-0.3, -0.25) is 0 Å². The molecule has 0 aromatic heterocycles. The topological polar surface area (TPSA) is 49.3 Å². The number of hydrogen-bond donors (Lipinski definition) is 2. The predicted molar refractivity (Wildman–Crippen MR) is 68.0 cm³/mol. The van der Waals surface area contributed by atoms with Crippen molar-refractivity contribution in [3.8, 4) is 0 Å². The van der Waals surface area contributed by atoms with Gasteiger partial charge < -0.3 is 10.4 Å². The van der Waals surface area contributed by atoms with E-state index in [1.165, 1.54) is 0 Å². The molecule has 2 aromatic carbocycles. The highest BCUT2D eigenvalue weighted by Gasteiger charge is 2.33. The van der Waals surface area contributed by atoms with Crippen LogP contribution in [-0.4, -0.2) is 18.1 Å². The number of carboxylic acids is 1. The van der Waals surface area contributed by atoms with Gasteiger partial charge in [-0.05, 0) is 36.4 Å². The molecule has 88 valence electrons. The monoisotopic (exact) mass is 229 g/mol. The van der Waals surface area contributed by atoms with E-state index in [9.17, 15) is 9.90 Å². The zero-order valence-electron chi connectivity index (χ0n) is 9.90. The van der Waals surface area contributed by atoms with Crippen LogP contribution in [-0.2, 0) is 10.3 Å². The van der Waals surface area contributed by atoms with E-state index in [1.807, 2.05) is 42.5 Å². The van der Waals surface area contributed by atoms with E-state index in [1.54, 1.807) is 14.0 Å². The molecule has 1 atom stereocenters. The molecule has 0 bridgehead atoms. The van der Waals surface area contributed by atoms with Crippen molar-refractivity contribution in [1.82, 2.24) is 5.32 Å². The molecule has 0 saturated carbocycles. The second-order valence-corrected chi connectivity index (χ2v) is 4.24. The number of rotatable bonds is 3. The lowest BCUT2D eigenvalue weighted by atomic mass is 9.90. The van der Waals surface area contributed by atoms with Gasteiger partial charge in [-0.1, -0.05) is 36.4 Å². The zero-order valence-corrected chi connectivity index (χ0v) is 9.90. The van der Waals surface area contributed by atoms with Crippen LogP contribution in [0.2, 0.25) is 0 Å². The van der Waals surface area contributed by atoms with E-state index < -0.39 is 11.5 Å². The Kier molecular flexibility index (Phi) is 2.86. The minimum atomic E-state index is -1.05. The molecule has 2 rings (SSSR count). The quantitative estimate of drug-likeness (QED) is 0.849. The molecule has 0 fully saturated rings. The van der Waals surface area contributed by atoms with E-state index in [0.29, 0.717) is 0 Å². The van der Waals surface area contributed by atoms with Crippen LogP contribution in [0.1, 0.15) is 12.5 Å². The Morgan fingerprint density at radius 1 is 1.18 bits per heavy atom. The van der Waals surface area contributed by atoms with Crippen molar-refractivity contribution in [3.05, 3.63) is 48.0 Å². The molecule has 0 heterocycles. The van der Waals surface area contributed by atoms with Gasteiger partial charge in [0.25, 0.3) is 0 Å². The number of nitrogens with one attached hydrogen (secondary N) is 1. The maximum absolute atomic E-state index is 11.3. The normalized spacial score (nSPS) is 14.5. The molecule has 3 heteroatoms. The number of benzene rings is 2. The summed E-state index contributed by atoms with van der Waals surface area (Å²) in [5.74, 6) is -0.879. The fourth-order valence-corrected chi connectivity index (χ4v) is 1.88. The average molecular weight is 229 g/mol. The van der Waals surface area contributed by atoms with Gasteiger partial charge in [0.15, 0.2) is 0 Å². The molecular formula is C14H15NO2. The van der Waals surface area contributed by atoms with Crippen molar-refractivity contribution in [2.45, 2.75) is 12.5 Å². The van der Waals surface area contributed by atoms with Gasteiger partial charge in [-0.15, -0.1) is 0 Å². The van der Waals surface area contributed by atoms with E-state index >= 15 is 0 Å². The van der Waals surface area contributed by atoms with Crippen LogP contribution in [0.5, 0.6) is 0 Å². The van der Waals surface area contributed by atoms with Gasteiger partial charge in [-0.2, -0.15) is 0 Å². The molecule has 0 aliphatic carbocycles. The predicted octanol–water partition coefficient (Wildman–Crippen LogP) is 2.36. The van der Waals surface area contributed by atoms with E-state index in [2.05, 4.69) is 5.32 Å². The van der Waals surface area contributed by atoms with Crippen molar-refractivity contribution in [2.75, 3.05) is 7.05 Å². The van der Waals surface area contributed by atoms with Crippen molar-refractivity contribution in [3.63, 3.8) is 0 Å². The van der Waals surface area contributed by atoms with Gasteiger partial charge in [0.05, 0.1) is 0 Å². The molecule has 17 heavy (non-hydrogen) atoms. The summed E-state index contributed by atoms with van der Waals surface area (Å²) >= 11 is 0. The van der Waals surface area contributed by atoms with Crippen LogP contribution in [0.25, 0.3) is 10.8 Å². The Hall–Kier alpha value is -1.87. The summed E-state index contributed by atoms with van der Waals surface area (Å²) in [7, 11) is 1.66. The molecule has 0 spiro atoms. The summed E-state index contributed by atoms with van der Waals surface area (Å²) in [5, 5.41) is 14.3. The van der Waals surface area contributed by atoms with Crippen LogP contribution in [0.4, 0.5) is 0 Å². The number of aliphatic carboxylic acids is 1. The largest absolute Gasteiger partial charge is 0.480 e. The minimum Gasteiger partial charge on any atom is -0.480 e. The average Bonchev–Trinajstić information content (AvgIpc) is 2.37. The first-order chi connectivity index (χ1) is 8.08. The highest BCUT2D eigenvalue weighted by molar-refractivity contribution is 5.86. The smallest absolute Gasteiger partial charge is 0.328 e. The molecule has 0 saturated heterocycles. The fourth-order valence-electron chi connectivity index (χ4n) is 1.88. The van der Waals surface area contributed by atoms with Gasteiger partial charge >= 0.3 is 5.97 Å². The highest BCUT2D eigenvalue weighted by Crippen LogP contribution is 2.24. The Labute approximate surface area is 100 Å². The molecule has 0 aliphatic rings. The fraction of sp³-hybridized carbons (Fsp3) is 0.214. The second-order valence-electron chi connectivity index (χ2n) is 4.24. The number of likely N-dealkylation sites (N-methyl/N-ethyl adjacent to an activating group) is 1. The molecule has 3 nitrogen and oxygen atoms in total. The lowest BCUT2D eigenvalue weighted by Gasteiger charge is -2.25. The molecule has 0 amide bonds. The Morgan fingerprint density at radius 3 is 2.41 bits per heavy atom. The first kappa shape index (κ1) is 11.6. The zero-order chi connectivity index (χ0) is 12.5. The van der Waals surface area contributed by atoms with Crippen molar-refractivity contribution < 1.29 is 9.90 Å². The van der Waals surface area contributed by atoms with Crippen molar-refractivity contribution >= 4 is 16.7 Å². The SMILES string of the molecule is CNC(C)(C(=O)O)c1ccc2ccccc2c1. The number of hydrogen-bond acceptors (Lipinski definition) is 2. The van der Waals surface area contributed by atoms with E-state index in [4.69, 9.17) is 0 Å². The molecule has 0 radical (unpaired) electrons. The lowest BCUT2D eigenvalue weighted by Crippen LogP contribution is -2.44. The van der Waals surface area contributed by atoms with E-state index in [0.717, 1.165) is 16.3 Å². The summed E-state index contributed by atoms with van der Waals surface area (Å²) < 4.78 is 0. The maximum atomic E-state index is 11.3.